The maximum atomic E-state index is 12.0. The molecule has 5 heteroatoms. The number of rotatable bonds is 9. The van der Waals surface area contributed by atoms with Gasteiger partial charge in [-0.1, -0.05) is 43.7 Å². The molecule has 5 nitrogen and oxygen atoms in total. The van der Waals surface area contributed by atoms with Crippen molar-refractivity contribution in [2.75, 3.05) is 32.0 Å². The topological polar surface area (TPSA) is 61.0 Å². The minimum atomic E-state index is -0.155. The van der Waals surface area contributed by atoms with Crippen molar-refractivity contribution in [3.63, 3.8) is 0 Å². The Labute approximate surface area is 160 Å². The van der Waals surface area contributed by atoms with Crippen molar-refractivity contribution in [2.45, 2.75) is 26.2 Å². The largest absolute Gasteiger partial charge is 0.385 e. The maximum Gasteiger partial charge on any atom is 0.272 e. The van der Waals surface area contributed by atoms with Crippen LogP contribution in [0.3, 0.4) is 0 Å². The maximum absolute atomic E-state index is 12.0. The zero-order valence-electron chi connectivity index (χ0n) is 16.2. The summed E-state index contributed by atoms with van der Waals surface area (Å²) < 4.78 is 0. The minimum absolute atomic E-state index is 0.155. The lowest BCUT2D eigenvalue weighted by Gasteiger charge is -2.13. The average molecular weight is 364 g/mol. The van der Waals surface area contributed by atoms with Gasteiger partial charge in [-0.15, -0.1) is 0 Å². The highest BCUT2D eigenvalue weighted by Crippen LogP contribution is 2.26. The Balaban J connectivity index is 1.65. The minimum Gasteiger partial charge on any atom is -0.385 e. The summed E-state index contributed by atoms with van der Waals surface area (Å²) in [5.74, 6) is 0. The molecule has 0 atom stereocenters. The molecule has 1 aromatic heterocycles. The quantitative estimate of drug-likeness (QED) is 0.561. The molecule has 142 valence electrons. The van der Waals surface area contributed by atoms with Crippen LogP contribution >= 0.6 is 0 Å². The molecule has 0 fully saturated rings. The van der Waals surface area contributed by atoms with E-state index in [1.54, 1.807) is 0 Å². The first kappa shape index (κ1) is 19.1. The van der Waals surface area contributed by atoms with Gasteiger partial charge in [0.1, 0.15) is 0 Å². The molecule has 1 heterocycles. The third-order valence-corrected chi connectivity index (χ3v) is 4.92. The fourth-order valence-corrected chi connectivity index (χ4v) is 3.19. The number of nitrogens with zero attached hydrogens (tertiary/aromatic N) is 2. The van der Waals surface area contributed by atoms with Crippen molar-refractivity contribution in [1.82, 2.24) is 15.1 Å². The molecular weight excluding hydrogens is 336 g/mol. The van der Waals surface area contributed by atoms with Gasteiger partial charge in [-0.3, -0.25) is 4.79 Å². The molecule has 0 unspecified atom stereocenters. The number of hydrogen-bond donors (Lipinski definition) is 2. The first-order valence-corrected chi connectivity index (χ1v) is 9.69. The van der Waals surface area contributed by atoms with E-state index in [-0.39, 0.29) is 5.56 Å². The summed E-state index contributed by atoms with van der Waals surface area (Å²) in [6.07, 6.45) is 3.62. The summed E-state index contributed by atoms with van der Waals surface area (Å²) in [5, 5.41) is 11.9. The Morgan fingerprint density at radius 3 is 2.67 bits per heavy atom. The summed E-state index contributed by atoms with van der Waals surface area (Å²) in [7, 11) is 2.16. The Kier molecular flexibility index (Phi) is 6.60. The molecule has 0 radical (unpaired) electrons. The number of unbranched alkanes of at least 4 members (excludes halogenated alkanes) is 2. The van der Waals surface area contributed by atoms with E-state index in [1.165, 1.54) is 12.8 Å². The molecule has 0 aliphatic rings. The summed E-state index contributed by atoms with van der Waals surface area (Å²) in [4.78, 5) is 14.3. The highest BCUT2D eigenvalue weighted by molar-refractivity contribution is 5.94. The molecule has 0 aliphatic heterocycles. The third-order valence-electron chi connectivity index (χ3n) is 4.92. The van der Waals surface area contributed by atoms with Crippen LogP contribution in [0.5, 0.6) is 0 Å². The second kappa shape index (κ2) is 9.33. The van der Waals surface area contributed by atoms with Crippen LogP contribution < -0.4 is 10.9 Å². The fourth-order valence-electron chi connectivity index (χ4n) is 3.19. The average Bonchev–Trinajstić information content (AvgIpc) is 2.71. The lowest BCUT2D eigenvalue weighted by Crippen LogP contribution is -2.18. The van der Waals surface area contributed by atoms with E-state index in [2.05, 4.69) is 46.5 Å². The SMILES string of the molecule is CCN(C)CCCCCNc1cccc(-c2n[nH]c(=O)c3ccccc23)c1. The molecule has 0 aliphatic carbocycles. The van der Waals surface area contributed by atoms with Crippen LogP contribution in [-0.4, -0.2) is 41.8 Å². The van der Waals surface area contributed by atoms with Gasteiger partial charge in [0, 0.05) is 23.2 Å². The predicted molar refractivity (Wildman–Crippen MR) is 113 cm³/mol. The van der Waals surface area contributed by atoms with Gasteiger partial charge in [-0.25, -0.2) is 5.10 Å². The van der Waals surface area contributed by atoms with Crippen LogP contribution in [-0.2, 0) is 0 Å². The molecule has 0 spiro atoms. The molecular formula is C22H28N4O. The Hall–Kier alpha value is -2.66. The monoisotopic (exact) mass is 364 g/mol. The van der Waals surface area contributed by atoms with E-state index in [0.29, 0.717) is 5.39 Å². The van der Waals surface area contributed by atoms with E-state index >= 15 is 0 Å². The van der Waals surface area contributed by atoms with Gasteiger partial charge in [0.25, 0.3) is 5.56 Å². The van der Waals surface area contributed by atoms with Gasteiger partial charge in [0.15, 0.2) is 0 Å². The second-order valence-corrected chi connectivity index (χ2v) is 6.91. The molecule has 0 amide bonds. The smallest absolute Gasteiger partial charge is 0.272 e. The lowest BCUT2D eigenvalue weighted by atomic mass is 10.0. The van der Waals surface area contributed by atoms with E-state index in [9.17, 15) is 4.79 Å². The fraction of sp³-hybridized carbons (Fsp3) is 0.364. The molecule has 3 rings (SSSR count). The van der Waals surface area contributed by atoms with Crippen LogP contribution in [0.2, 0.25) is 0 Å². The highest BCUT2D eigenvalue weighted by Gasteiger charge is 2.08. The van der Waals surface area contributed by atoms with Crippen molar-refractivity contribution < 1.29 is 0 Å². The Bertz CT molecular complexity index is 935. The Morgan fingerprint density at radius 2 is 1.85 bits per heavy atom. The van der Waals surface area contributed by atoms with Crippen molar-refractivity contribution in [2.24, 2.45) is 0 Å². The summed E-state index contributed by atoms with van der Waals surface area (Å²) >= 11 is 0. The second-order valence-electron chi connectivity index (χ2n) is 6.91. The standard InChI is InChI=1S/C22H28N4O/c1-3-26(2)15-8-4-7-14-23-18-11-9-10-17(16-18)21-19-12-5-6-13-20(19)22(27)25-24-21/h5-6,9-13,16,23H,3-4,7-8,14-15H2,1-2H3,(H,25,27). The first-order chi connectivity index (χ1) is 13.2. The van der Waals surface area contributed by atoms with E-state index in [1.807, 2.05) is 36.4 Å². The summed E-state index contributed by atoms with van der Waals surface area (Å²) in [6.45, 7) is 5.42. The zero-order valence-corrected chi connectivity index (χ0v) is 16.2. The molecule has 0 saturated carbocycles. The lowest BCUT2D eigenvalue weighted by molar-refractivity contribution is 0.342. The molecule has 3 aromatic rings. The van der Waals surface area contributed by atoms with Crippen LogP contribution in [0.15, 0.2) is 53.3 Å². The van der Waals surface area contributed by atoms with Crippen molar-refractivity contribution in [3.05, 3.63) is 58.9 Å². The Morgan fingerprint density at radius 1 is 1.04 bits per heavy atom. The van der Waals surface area contributed by atoms with Crippen LogP contribution in [0.1, 0.15) is 26.2 Å². The van der Waals surface area contributed by atoms with Gasteiger partial charge in [-0.2, -0.15) is 5.10 Å². The van der Waals surface area contributed by atoms with Crippen LogP contribution in [0, 0.1) is 0 Å². The van der Waals surface area contributed by atoms with E-state index in [0.717, 1.165) is 48.4 Å². The number of nitrogens with one attached hydrogen (secondary N) is 2. The van der Waals surface area contributed by atoms with Crippen LogP contribution in [0.4, 0.5) is 5.69 Å². The molecule has 2 N–H and O–H groups in total. The number of H-pyrrole nitrogens is 1. The third kappa shape index (κ3) is 4.95. The molecule has 0 saturated heterocycles. The summed E-state index contributed by atoms with van der Waals surface area (Å²) in [6, 6.07) is 15.8. The highest BCUT2D eigenvalue weighted by atomic mass is 16.1. The molecule has 0 bridgehead atoms. The summed E-state index contributed by atoms with van der Waals surface area (Å²) in [5.41, 5.74) is 2.72. The first-order valence-electron chi connectivity index (χ1n) is 9.69. The van der Waals surface area contributed by atoms with Gasteiger partial charge in [0.2, 0.25) is 0 Å². The van der Waals surface area contributed by atoms with Crippen molar-refractivity contribution in [1.29, 1.82) is 0 Å². The number of aromatic amines is 1. The normalized spacial score (nSPS) is 11.2. The van der Waals surface area contributed by atoms with E-state index in [4.69, 9.17) is 0 Å². The van der Waals surface area contributed by atoms with Crippen molar-refractivity contribution >= 4 is 16.5 Å². The van der Waals surface area contributed by atoms with Gasteiger partial charge in [-0.05, 0) is 51.2 Å². The number of fused-ring (bicyclic) bond motifs is 1. The van der Waals surface area contributed by atoms with Gasteiger partial charge in [0.05, 0.1) is 11.1 Å². The van der Waals surface area contributed by atoms with Crippen molar-refractivity contribution in [3.8, 4) is 11.3 Å². The molecule has 27 heavy (non-hydrogen) atoms. The van der Waals surface area contributed by atoms with Gasteiger partial charge >= 0.3 is 0 Å². The zero-order chi connectivity index (χ0) is 19.1. The number of anilines is 1. The number of benzene rings is 2. The number of aromatic nitrogens is 2. The number of hydrogen-bond acceptors (Lipinski definition) is 4. The van der Waals surface area contributed by atoms with Gasteiger partial charge < -0.3 is 10.2 Å². The predicted octanol–water partition coefficient (Wildman–Crippen LogP) is 4.12. The van der Waals surface area contributed by atoms with Crippen LogP contribution in [0.25, 0.3) is 22.0 Å². The molecule has 2 aromatic carbocycles. The van der Waals surface area contributed by atoms with E-state index < -0.39 is 0 Å².